The number of thiol groups is 2. The van der Waals surface area contributed by atoms with Gasteiger partial charge in [0, 0.05) is 0 Å². The second-order valence-corrected chi connectivity index (χ2v) is 6.54. The highest BCUT2D eigenvalue weighted by Gasteiger charge is 2.13. The fraction of sp³-hybridized carbons (Fsp3) is 1.00. The largest absolute Gasteiger partial charge is 0.371 e. The molecule has 1 N–H and O–H groups in total. The molecule has 4 heteroatoms. The van der Waals surface area contributed by atoms with E-state index in [1.807, 2.05) is 0 Å². The molecule has 0 saturated carbocycles. The molecular formula is C13H29FOS2. The minimum atomic E-state index is -1.07. The van der Waals surface area contributed by atoms with E-state index in [0.29, 0.717) is 6.42 Å². The summed E-state index contributed by atoms with van der Waals surface area (Å²) < 4.78 is -1.07. The molecule has 106 valence electrons. The highest BCUT2D eigenvalue weighted by Crippen LogP contribution is 2.23. The minimum Gasteiger partial charge on any atom is -0.371 e. The Labute approximate surface area is 117 Å². The van der Waals surface area contributed by atoms with Crippen LogP contribution in [0, 0.1) is 0 Å². The van der Waals surface area contributed by atoms with Gasteiger partial charge >= 0.3 is 0 Å². The third-order valence-corrected chi connectivity index (χ3v) is 3.31. The van der Waals surface area contributed by atoms with Crippen LogP contribution in [0.15, 0.2) is 0 Å². The maximum atomic E-state index is 9.27. The molecule has 0 spiro atoms. The molecule has 0 rings (SSSR count). The Kier molecular flexibility index (Phi) is 15.3. The molecule has 0 saturated heterocycles. The highest BCUT2D eigenvalue weighted by molar-refractivity contribution is 8.00. The Morgan fingerprint density at radius 1 is 0.765 bits per heavy atom. The normalized spacial score (nSPS) is 11.3. The molecule has 0 amide bonds. The van der Waals surface area contributed by atoms with Gasteiger partial charge in [0.15, 0.2) is 4.27 Å². The Morgan fingerprint density at radius 3 is 1.47 bits per heavy atom. The summed E-state index contributed by atoms with van der Waals surface area (Å²) >= 11 is 7.93. The van der Waals surface area contributed by atoms with E-state index in [2.05, 4.69) is 32.2 Å². The summed E-state index contributed by atoms with van der Waals surface area (Å²) in [6.07, 6.45) is 13.8. The summed E-state index contributed by atoms with van der Waals surface area (Å²) in [5, 5.41) is 9.27. The van der Waals surface area contributed by atoms with Gasteiger partial charge in [0.1, 0.15) is 0 Å². The number of aliphatic hydroxyl groups is 1. The van der Waals surface area contributed by atoms with Crippen LogP contribution in [0.5, 0.6) is 0 Å². The van der Waals surface area contributed by atoms with Gasteiger partial charge < -0.3 is 5.11 Å². The fourth-order valence-corrected chi connectivity index (χ4v) is 2.17. The highest BCUT2D eigenvalue weighted by atomic mass is 32.2. The van der Waals surface area contributed by atoms with E-state index in [-0.39, 0.29) is 4.70 Å². The summed E-state index contributed by atoms with van der Waals surface area (Å²) in [5.41, 5.74) is 0. The number of hydrogen-bond donors (Lipinski definition) is 3. The molecule has 0 aromatic heterocycles. The minimum absolute atomic E-state index is 0. The van der Waals surface area contributed by atoms with Gasteiger partial charge in [-0.3, -0.25) is 4.70 Å². The third-order valence-electron chi connectivity index (χ3n) is 2.87. The van der Waals surface area contributed by atoms with Crippen molar-refractivity contribution in [1.29, 1.82) is 0 Å². The first-order valence-corrected chi connectivity index (χ1v) is 7.63. The molecule has 17 heavy (non-hydrogen) atoms. The second kappa shape index (κ2) is 13.0. The zero-order valence-electron chi connectivity index (χ0n) is 11.0. The van der Waals surface area contributed by atoms with Crippen LogP contribution in [0.25, 0.3) is 0 Å². The predicted molar refractivity (Wildman–Crippen MR) is 81.9 cm³/mol. The number of halogens is 1. The van der Waals surface area contributed by atoms with E-state index >= 15 is 0 Å². The molecule has 0 unspecified atom stereocenters. The Bertz CT molecular complexity index is 149. The molecule has 0 radical (unpaired) electrons. The van der Waals surface area contributed by atoms with Crippen molar-refractivity contribution < 1.29 is 9.81 Å². The average Bonchev–Trinajstić information content (AvgIpc) is 2.19. The first-order valence-electron chi connectivity index (χ1n) is 6.73. The fourth-order valence-electron chi connectivity index (χ4n) is 1.85. The van der Waals surface area contributed by atoms with Gasteiger partial charge in [-0.2, -0.15) is 0 Å². The zero-order valence-corrected chi connectivity index (χ0v) is 12.8. The number of unbranched alkanes of at least 4 members (excludes halogenated alkanes) is 9. The Balaban J connectivity index is 0. The molecule has 0 aromatic carbocycles. The molecule has 0 aliphatic heterocycles. The van der Waals surface area contributed by atoms with Crippen molar-refractivity contribution >= 4 is 25.3 Å². The lowest BCUT2D eigenvalue weighted by Crippen LogP contribution is -2.10. The first-order chi connectivity index (χ1) is 7.56. The maximum absolute atomic E-state index is 9.27. The van der Waals surface area contributed by atoms with Gasteiger partial charge in [0.2, 0.25) is 0 Å². The molecule has 0 bridgehead atoms. The molecule has 0 aliphatic rings. The van der Waals surface area contributed by atoms with Crippen molar-refractivity contribution in [2.75, 3.05) is 0 Å². The van der Waals surface area contributed by atoms with Gasteiger partial charge in [-0.15, -0.1) is 25.3 Å². The van der Waals surface area contributed by atoms with Crippen molar-refractivity contribution in [3.05, 3.63) is 0 Å². The lowest BCUT2D eigenvalue weighted by atomic mass is 10.1. The predicted octanol–water partition coefficient (Wildman–Crippen LogP) is 4.96. The smallest absolute Gasteiger partial charge is 0.151 e. The van der Waals surface area contributed by atoms with E-state index in [4.69, 9.17) is 0 Å². The quantitative estimate of drug-likeness (QED) is 0.278. The van der Waals surface area contributed by atoms with Crippen molar-refractivity contribution in [1.82, 2.24) is 0 Å². The average molecular weight is 285 g/mol. The molecule has 0 atom stereocenters. The van der Waals surface area contributed by atoms with Crippen molar-refractivity contribution in [2.24, 2.45) is 0 Å². The van der Waals surface area contributed by atoms with Crippen LogP contribution >= 0.6 is 25.3 Å². The standard InChI is InChI=1S/C13H28OS2.FH/c1-2-3-4-5-6-7-8-9-10-11-12-13(14,15)16;/h14-16H,2-12H2,1H3;1H. The number of rotatable bonds is 11. The summed E-state index contributed by atoms with van der Waals surface area (Å²) in [6.45, 7) is 2.25. The van der Waals surface area contributed by atoms with Crippen LogP contribution in [0.2, 0.25) is 0 Å². The first kappa shape index (κ1) is 19.9. The van der Waals surface area contributed by atoms with E-state index in [1.54, 1.807) is 0 Å². The summed E-state index contributed by atoms with van der Waals surface area (Å²) in [6, 6.07) is 0. The monoisotopic (exact) mass is 284 g/mol. The summed E-state index contributed by atoms with van der Waals surface area (Å²) in [4.78, 5) is 0. The van der Waals surface area contributed by atoms with Crippen LogP contribution < -0.4 is 0 Å². The van der Waals surface area contributed by atoms with Crippen LogP contribution in [0.3, 0.4) is 0 Å². The molecule has 1 nitrogen and oxygen atoms in total. The molecular weight excluding hydrogens is 255 g/mol. The van der Waals surface area contributed by atoms with Crippen LogP contribution in [-0.2, 0) is 0 Å². The van der Waals surface area contributed by atoms with Gasteiger partial charge in [-0.1, -0.05) is 64.7 Å². The summed E-state index contributed by atoms with van der Waals surface area (Å²) in [5.74, 6) is 0. The summed E-state index contributed by atoms with van der Waals surface area (Å²) in [7, 11) is 0. The Morgan fingerprint density at radius 2 is 1.12 bits per heavy atom. The van der Waals surface area contributed by atoms with Crippen LogP contribution in [0.4, 0.5) is 4.70 Å². The number of hydrogen-bond acceptors (Lipinski definition) is 3. The third kappa shape index (κ3) is 19.1. The molecule has 0 aliphatic carbocycles. The zero-order chi connectivity index (χ0) is 12.3. The lowest BCUT2D eigenvalue weighted by molar-refractivity contribution is 0.219. The van der Waals surface area contributed by atoms with Gasteiger partial charge in [-0.05, 0) is 12.8 Å². The van der Waals surface area contributed by atoms with E-state index < -0.39 is 4.27 Å². The van der Waals surface area contributed by atoms with E-state index in [1.165, 1.54) is 57.8 Å². The van der Waals surface area contributed by atoms with Crippen LogP contribution in [0.1, 0.15) is 77.6 Å². The van der Waals surface area contributed by atoms with Gasteiger partial charge in [0.05, 0.1) is 0 Å². The molecule has 0 heterocycles. The van der Waals surface area contributed by atoms with Gasteiger partial charge in [0.25, 0.3) is 0 Å². The van der Waals surface area contributed by atoms with Crippen molar-refractivity contribution in [2.45, 2.75) is 81.8 Å². The van der Waals surface area contributed by atoms with Crippen LogP contribution in [-0.4, -0.2) is 9.37 Å². The SMILES string of the molecule is CCCCCCCCCCCCC(O)(S)S.F. The Hall–Kier alpha value is 0.590. The molecule has 0 aromatic rings. The second-order valence-electron chi connectivity index (χ2n) is 4.71. The topological polar surface area (TPSA) is 20.2 Å². The van der Waals surface area contributed by atoms with Crippen molar-refractivity contribution in [3.8, 4) is 0 Å². The maximum Gasteiger partial charge on any atom is 0.151 e. The van der Waals surface area contributed by atoms with E-state index in [0.717, 1.165) is 6.42 Å². The lowest BCUT2D eigenvalue weighted by Gasteiger charge is -2.13. The van der Waals surface area contributed by atoms with Crippen molar-refractivity contribution in [3.63, 3.8) is 0 Å². The van der Waals surface area contributed by atoms with Gasteiger partial charge in [-0.25, -0.2) is 0 Å². The van der Waals surface area contributed by atoms with E-state index in [9.17, 15) is 5.11 Å². The molecule has 0 fully saturated rings.